The van der Waals surface area contributed by atoms with Crippen LogP contribution in [0.5, 0.6) is 0 Å². The Bertz CT molecular complexity index is 503. The zero-order chi connectivity index (χ0) is 15.3. The SMILES string of the molecule is CC(C)CC(C)NC(=O)Nc1c(Br)cccc1C(=O)O. The third-order valence-corrected chi connectivity index (χ3v) is 3.35. The van der Waals surface area contributed by atoms with Crippen molar-refractivity contribution in [3.63, 3.8) is 0 Å². The molecular formula is C14H19BrN2O3. The predicted molar refractivity (Wildman–Crippen MR) is 82.2 cm³/mol. The van der Waals surface area contributed by atoms with E-state index in [9.17, 15) is 9.59 Å². The van der Waals surface area contributed by atoms with Crippen LogP contribution in [0.15, 0.2) is 22.7 Å². The molecule has 0 saturated heterocycles. The summed E-state index contributed by atoms with van der Waals surface area (Å²) in [7, 11) is 0. The lowest BCUT2D eigenvalue weighted by Gasteiger charge is -2.17. The monoisotopic (exact) mass is 342 g/mol. The number of halogens is 1. The number of benzene rings is 1. The van der Waals surface area contributed by atoms with Crippen LogP contribution < -0.4 is 10.6 Å². The first-order valence-corrected chi connectivity index (χ1v) is 7.20. The number of aromatic carboxylic acids is 1. The Hall–Kier alpha value is -1.56. The summed E-state index contributed by atoms with van der Waals surface area (Å²) >= 11 is 3.24. The molecule has 3 N–H and O–H groups in total. The van der Waals surface area contributed by atoms with Crippen molar-refractivity contribution in [2.45, 2.75) is 33.2 Å². The average Bonchev–Trinajstić information content (AvgIpc) is 2.29. The van der Waals surface area contributed by atoms with Gasteiger partial charge in [0, 0.05) is 10.5 Å². The molecule has 1 rings (SSSR count). The van der Waals surface area contributed by atoms with Crippen LogP contribution in [-0.2, 0) is 0 Å². The molecule has 110 valence electrons. The van der Waals surface area contributed by atoms with Gasteiger partial charge in [0.15, 0.2) is 0 Å². The van der Waals surface area contributed by atoms with Crippen LogP contribution in [-0.4, -0.2) is 23.1 Å². The van der Waals surface area contributed by atoms with Crippen molar-refractivity contribution in [3.05, 3.63) is 28.2 Å². The Morgan fingerprint density at radius 1 is 1.30 bits per heavy atom. The zero-order valence-electron chi connectivity index (χ0n) is 11.7. The van der Waals surface area contributed by atoms with E-state index >= 15 is 0 Å². The van der Waals surface area contributed by atoms with E-state index in [1.807, 2.05) is 6.92 Å². The molecule has 0 aliphatic rings. The molecule has 0 bridgehead atoms. The normalized spacial score (nSPS) is 12.1. The molecule has 0 aliphatic carbocycles. The van der Waals surface area contributed by atoms with E-state index in [1.165, 1.54) is 6.07 Å². The summed E-state index contributed by atoms with van der Waals surface area (Å²) in [6, 6.07) is 4.34. The van der Waals surface area contributed by atoms with E-state index in [0.717, 1.165) is 6.42 Å². The third kappa shape index (κ3) is 4.85. The Balaban J connectivity index is 2.78. The van der Waals surface area contributed by atoms with Gasteiger partial charge >= 0.3 is 12.0 Å². The number of amides is 2. The fourth-order valence-electron chi connectivity index (χ4n) is 1.97. The second-order valence-corrected chi connectivity index (χ2v) is 5.95. The number of carbonyl (C=O) groups excluding carboxylic acids is 1. The Morgan fingerprint density at radius 2 is 1.95 bits per heavy atom. The quantitative estimate of drug-likeness (QED) is 0.763. The summed E-state index contributed by atoms with van der Waals surface area (Å²) in [4.78, 5) is 23.0. The van der Waals surface area contributed by atoms with Crippen LogP contribution >= 0.6 is 15.9 Å². The fraction of sp³-hybridized carbons (Fsp3) is 0.429. The summed E-state index contributed by atoms with van der Waals surface area (Å²) in [5.74, 6) is -0.611. The largest absolute Gasteiger partial charge is 0.478 e. The molecule has 0 radical (unpaired) electrons. The number of hydrogen-bond acceptors (Lipinski definition) is 2. The first-order chi connectivity index (χ1) is 9.31. The van der Waals surface area contributed by atoms with Crippen LogP contribution in [0.1, 0.15) is 37.6 Å². The summed E-state index contributed by atoms with van der Waals surface area (Å²) in [6.07, 6.45) is 0.856. The molecular weight excluding hydrogens is 324 g/mol. The van der Waals surface area contributed by atoms with Gasteiger partial charge in [-0.25, -0.2) is 9.59 Å². The number of para-hydroxylation sites is 1. The van der Waals surface area contributed by atoms with Gasteiger partial charge in [-0.15, -0.1) is 0 Å². The molecule has 0 aliphatic heterocycles. The van der Waals surface area contributed by atoms with E-state index in [-0.39, 0.29) is 17.3 Å². The minimum Gasteiger partial charge on any atom is -0.478 e. The smallest absolute Gasteiger partial charge is 0.337 e. The van der Waals surface area contributed by atoms with Gasteiger partial charge in [0.2, 0.25) is 0 Å². The van der Waals surface area contributed by atoms with Crippen LogP contribution in [0, 0.1) is 5.92 Å². The third-order valence-electron chi connectivity index (χ3n) is 2.69. The first-order valence-electron chi connectivity index (χ1n) is 6.40. The van der Waals surface area contributed by atoms with Crippen molar-refractivity contribution >= 4 is 33.6 Å². The van der Waals surface area contributed by atoms with Crippen molar-refractivity contribution in [2.75, 3.05) is 5.32 Å². The van der Waals surface area contributed by atoms with Crippen molar-refractivity contribution in [2.24, 2.45) is 5.92 Å². The Labute approximate surface area is 126 Å². The summed E-state index contributed by atoms with van der Waals surface area (Å²) in [6.45, 7) is 6.07. The van der Waals surface area contributed by atoms with E-state index in [2.05, 4.69) is 40.4 Å². The van der Waals surface area contributed by atoms with Crippen LogP contribution in [0.2, 0.25) is 0 Å². The molecule has 0 spiro atoms. The van der Waals surface area contributed by atoms with Gasteiger partial charge in [-0.2, -0.15) is 0 Å². The maximum Gasteiger partial charge on any atom is 0.337 e. The highest BCUT2D eigenvalue weighted by Crippen LogP contribution is 2.26. The molecule has 5 nitrogen and oxygen atoms in total. The van der Waals surface area contributed by atoms with Gasteiger partial charge in [0.25, 0.3) is 0 Å². The predicted octanol–water partition coefficient (Wildman–Crippen LogP) is 3.70. The van der Waals surface area contributed by atoms with Crippen LogP contribution in [0.25, 0.3) is 0 Å². The summed E-state index contributed by atoms with van der Waals surface area (Å²) in [5.41, 5.74) is 0.306. The molecule has 0 heterocycles. The molecule has 1 aromatic rings. The highest BCUT2D eigenvalue weighted by atomic mass is 79.9. The minimum absolute atomic E-state index is 0.0192. The first kappa shape index (κ1) is 16.5. The number of urea groups is 1. The molecule has 0 saturated carbocycles. The van der Waals surface area contributed by atoms with Gasteiger partial charge in [0.05, 0.1) is 11.3 Å². The molecule has 0 aromatic heterocycles. The Kier molecular flexibility index (Phi) is 6.01. The lowest BCUT2D eigenvalue weighted by molar-refractivity contribution is 0.0698. The summed E-state index contributed by atoms with van der Waals surface area (Å²) in [5, 5.41) is 14.5. The molecule has 1 atom stereocenters. The van der Waals surface area contributed by atoms with E-state index in [0.29, 0.717) is 10.4 Å². The molecule has 1 aromatic carbocycles. The van der Waals surface area contributed by atoms with Gasteiger partial charge < -0.3 is 15.7 Å². The van der Waals surface area contributed by atoms with E-state index in [1.54, 1.807) is 12.1 Å². The zero-order valence-corrected chi connectivity index (χ0v) is 13.3. The number of carbonyl (C=O) groups is 2. The number of carboxylic acids is 1. The van der Waals surface area contributed by atoms with Crippen LogP contribution in [0.4, 0.5) is 10.5 Å². The van der Waals surface area contributed by atoms with Gasteiger partial charge in [-0.1, -0.05) is 19.9 Å². The topological polar surface area (TPSA) is 78.4 Å². The summed E-state index contributed by atoms with van der Waals surface area (Å²) < 4.78 is 0.532. The number of nitrogens with one attached hydrogen (secondary N) is 2. The number of rotatable bonds is 5. The van der Waals surface area contributed by atoms with E-state index < -0.39 is 12.0 Å². The molecule has 0 fully saturated rings. The van der Waals surface area contributed by atoms with Crippen molar-refractivity contribution < 1.29 is 14.7 Å². The molecule has 6 heteroatoms. The number of carboxylic acid groups (broad SMARTS) is 1. The highest BCUT2D eigenvalue weighted by Gasteiger charge is 2.16. The Morgan fingerprint density at radius 3 is 2.50 bits per heavy atom. The van der Waals surface area contributed by atoms with Gasteiger partial charge in [-0.05, 0) is 47.3 Å². The maximum absolute atomic E-state index is 11.9. The highest BCUT2D eigenvalue weighted by molar-refractivity contribution is 9.10. The second-order valence-electron chi connectivity index (χ2n) is 5.10. The number of hydrogen-bond donors (Lipinski definition) is 3. The average molecular weight is 343 g/mol. The van der Waals surface area contributed by atoms with Crippen molar-refractivity contribution in [3.8, 4) is 0 Å². The lowest BCUT2D eigenvalue weighted by Crippen LogP contribution is -2.37. The minimum atomic E-state index is -1.09. The van der Waals surface area contributed by atoms with Gasteiger partial charge in [0.1, 0.15) is 0 Å². The molecule has 1 unspecified atom stereocenters. The fourth-order valence-corrected chi connectivity index (χ4v) is 2.43. The standard InChI is InChI=1S/C14H19BrN2O3/c1-8(2)7-9(3)16-14(20)17-12-10(13(18)19)5-4-6-11(12)15/h4-6,8-9H,7H2,1-3H3,(H,18,19)(H2,16,17,20). The molecule has 20 heavy (non-hydrogen) atoms. The second kappa shape index (κ2) is 7.28. The number of anilines is 1. The van der Waals surface area contributed by atoms with Crippen molar-refractivity contribution in [1.29, 1.82) is 0 Å². The van der Waals surface area contributed by atoms with Gasteiger partial charge in [-0.3, -0.25) is 0 Å². The van der Waals surface area contributed by atoms with E-state index in [4.69, 9.17) is 5.11 Å². The molecule has 2 amide bonds. The van der Waals surface area contributed by atoms with Crippen LogP contribution in [0.3, 0.4) is 0 Å². The maximum atomic E-state index is 11.9. The van der Waals surface area contributed by atoms with Crippen molar-refractivity contribution in [1.82, 2.24) is 5.32 Å². The lowest BCUT2D eigenvalue weighted by atomic mass is 10.1.